The van der Waals surface area contributed by atoms with Crippen LogP contribution in [0.2, 0.25) is 0 Å². The number of urea groups is 1. The summed E-state index contributed by atoms with van der Waals surface area (Å²) >= 11 is 0. The maximum atomic E-state index is 13.0. The molecular formula is C25H30N4O2. The zero-order valence-electron chi connectivity index (χ0n) is 18.4. The lowest BCUT2D eigenvalue weighted by Gasteiger charge is -2.23. The molecule has 1 aliphatic rings. The fraction of sp³-hybridized carbons (Fsp3) is 0.360. The predicted octanol–water partition coefficient (Wildman–Crippen LogP) is 4.46. The molecule has 0 unspecified atom stereocenters. The number of carbonyl (C=O) groups is 1. The number of rotatable bonds is 6. The highest BCUT2D eigenvalue weighted by molar-refractivity contribution is 5.75. The van der Waals surface area contributed by atoms with Crippen LogP contribution < -0.4 is 15.4 Å². The Labute approximate surface area is 183 Å². The van der Waals surface area contributed by atoms with E-state index >= 15 is 0 Å². The van der Waals surface area contributed by atoms with Gasteiger partial charge in [0.1, 0.15) is 17.6 Å². The fourth-order valence-corrected chi connectivity index (χ4v) is 4.25. The Hall–Kier alpha value is -3.28. The number of aromatic nitrogens is 2. The maximum Gasteiger partial charge on any atom is 0.316 e. The third kappa shape index (κ3) is 4.74. The van der Waals surface area contributed by atoms with Gasteiger partial charge in [-0.1, -0.05) is 30.3 Å². The first-order valence-electron chi connectivity index (χ1n) is 10.8. The second-order valence-corrected chi connectivity index (χ2v) is 8.18. The van der Waals surface area contributed by atoms with Crippen LogP contribution in [0.3, 0.4) is 0 Å². The summed E-state index contributed by atoms with van der Waals surface area (Å²) in [5, 5.41) is 6.20. The Morgan fingerprint density at radius 3 is 2.61 bits per heavy atom. The maximum absolute atomic E-state index is 13.0. The summed E-state index contributed by atoms with van der Waals surface area (Å²) in [7, 11) is 3.56. The molecule has 6 nitrogen and oxygen atoms in total. The lowest BCUT2D eigenvalue weighted by atomic mass is 9.89. The fourth-order valence-electron chi connectivity index (χ4n) is 4.25. The average molecular weight is 419 g/mol. The number of nitrogens with zero attached hydrogens (tertiary/aromatic N) is 2. The minimum absolute atomic E-state index is 0.0976. The molecule has 3 aromatic rings. The standard InChI is InChI=1S/C25H30N4O2/c1-17(19-12-11-18-7-4-5-8-20(18)15-19)27-25(30)28-23(24-26-13-14-29(24)2)21-9-6-10-22(16-21)31-3/h6,9-17,23H,4-5,7-8H2,1-3H3,(H2,27,28,30)/t17-,23+/m0/s1. The number of imidazole rings is 1. The van der Waals surface area contributed by atoms with Crippen LogP contribution in [0.5, 0.6) is 5.75 Å². The Morgan fingerprint density at radius 2 is 1.87 bits per heavy atom. The van der Waals surface area contributed by atoms with Crippen LogP contribution in [0.25, 0.3) is 0 Å². The van der Waals surface area contributed by atoms with Crippen molar-refractivity contribution in [2.45, 2.75) is 44.7 Å². The van der Waals surface area contributed by atoms with Gasteiger partial charge in [-0.25, -0.2) is 9.78 Å². The predicted molar refractivity (Wildman–Crippen MR) is 121 cm³/mol. The summed E-state index contributed by atoms with van der Waals surface area (Å²) in [5.41, 5.74) is 4.90. The molecule has 162 valence electrons. The largest absolute Gasteiger partial charge is 0.497 e. The van der Waals surface area contributed by atoms with Gasteiger partial charge in [0.15, 0.2) is 0 Å². The van der Waals surface area contributed by atoms with Crippen LogP contribution in [0, 0.1) is 0 Å². The molecule has 0 saturated carbocycles. The van der Waals surface area contributed by atoms with Gasteiger partial charge in [-0.2, -0.15) is 0 Å². The smallest absolute Gasteiger partial charge is 0.316 e. The third-order valence-corrected chi connectivity index (χ3v) is 6.04. The van der Waals surface area contributed by atoms with E-state index in [0.29, 0.717) is 0 Å². The lowest BCUT2D eigenvalue weighted by molar-refractivity contribution is 0.235. The zero-order chi connectivity index (χ0) is 21.8. The first-order chi connectivity index (χ1) is 15.0. The Morgan fingerprint density at radius 1 is 1.06 bits per heavy atom. The van der Waals surface area contributed by atoms with Crippen LogP contribution in [0.15, 0.2) is 54.9 Å². The first-order valence-corrected chi connectivity index (χ1v) is 10.8. The van der Waals surface area contributed by atoms with Crippen molar-refractivity contribution in [3.05, 3.63) is 82.9 Å². The molecule has 2 N–H and O–H groups in total. The molecular weight excluding hydrogens is 388 g/mol. The Bertz CT molecular complexity index is 1060. The summed E-state index contributed by atoms with van der Waals surface area (Å²) in [6, 6.07) is 13.6. The number of carbonyl (C=O) groups excluding carboxylic acids is 1. The molecule has 0 fully saturated rings. The van der Waals surface area contributed by atoms with Gasteiger partial charge in [0.2, 0.25) is 0 Å². The Balaban J connectivity index is 1.51. The van der Waals surface area contributed by atoms with E-state index in [1.807, 2.05) is 49.0 Å². The van der Waals surface area contributed by atoms with Gasteiger partial charge >= 0.3 is 6.03 Å². The molecule has 2 amide bonds. The summed E-state index contributed by atoms with van der Waals surface area (Å²) in [6.45, 7) is 2.02. The SMILES string of the molecule is COc1cccc([C@@H](NC(=O)N[C@@H](C)c2ccc3c(c2)CCCC3)c2nccn2C)c1. The van der Waals surface area contributed by atoms with Crippen LogP contribution >= 0.6 is 0 Å². The van der Waals surface area contributed by atoms with Crippen LogP contribution in [0.1, 0.15) is 59.9 Å². The van der Waals surface area contributed by atoms with Crippen molar-refractivity contribution < 1.29 is 9.53 Å². The molecule has 1 aromatic heterocycles. The molecule has 6 heteroatoms. The number of benzene rings is 2. The quantitative estimate of drug-likeness (QED) is 0.621. The number of hydrogen-bond donors (Lipinski definition) is 2. The topological polar surface area (TPSA) is 68.2 Å². The van der Waals surface area contributed by atoms with Gasteiger partial charge in [-0.3, -0.25) is 0 Å². The van der Waals surface area contributed by atoms with E-state index in [0.717, 1.165) is 35.5 Å². The molecule has 0 saturated heterocycles. The van der Waals surface area contributed by atoms with E-state index in [2.05, 4.69) is 33.8 Å². The molecule has 1 heterocycles. The molecule has 31 heavy (non-hydrogen) atoms. The number of methoxy groups -OCH3 is 1. The molecule has 2 aromatic carbocycles. The summed E-state index contributed by atoms with van der Waals surface area (Å²) < 4.78 is 7.28. The van der Waals surface area contributed by atoms with Gasteiger partial charge in [0, 0.05) is 19.4 Å². The molecule has 0 spiro atoms. The summed E-state index contributed by atoms with van der Waals surface area (Å²) in [6.07, 6.45) is 8.39. The molecule has 0 aliphatic heterocycles. The van der Waals surface area contributed by atoms with E-state index in [-0.39, 0.29) is 12.1 Å². The third-order valence-electron chi connectivity index (χ3n) is 6.04. The monoisotopic (exact) mass is 418 g/mol. The van der Waals surface area contributed by atoms with E-state index in [9.17, 15) is 4.79 Å². The number of nitrogens with one attached hydrogen (secondary N) is 2. The second-order valence-electron chi connectivity index (χ2n) is 8.18. The zero-order valence-corrected chi connectivity index (χ0v) is 18.4. The van der Waals surface area contributed by atoms with Gasteiger partial charge in [-0.15, -0.1) is 0 Å². The number of hydrogen-bond acceptors (Lipinski definition) is 3. The lowest BCUT2D eigenvalue weighted by Crippen LogP contribution is -2.40. The molecule has 1 aliphatic carbocycles. The van der Waals surface area contributed by atoms with E-state index in [4.69, 9.17) is 4.74 Å². The van der Waals surface area contributed by atoms with Gasteiger partial charge in [0.05, 0.1) is 13.2 Å². The van der Waals surface area contributed by atoms with Gasteiger partial charge in [0.25, 0.3) is 0 Å². The minimum Gasteiger partial charge on any atom is -0.497 e. The number of ether oxygens (including phenoxy) is 1. The molecule has 2 atom stereocenters. The van der Waals surface area contributed by atoms with Crippen molar-refractivity contribution in [2.75, 3.05) is 7.11 Å². The molecule has 0 bridgehead atoms. The number of fused-ring (bicyclic) bond motifs is 1. The Kier molecular flexibility index (Phi) is 6.26. The highest BCUT2D eigenvalue weighted by atomic mass is 16.5. The average Bonchev–Trinajstić information content (AvgIpc) is 3.22. The van der Waals surface area contributed by atoms with Crippen molar-refractivity contribution in [3.63, 3.8) is 0 Å². The number of aryl methyl sites for hydroxylation is 3. The number of amides is 2. The first kappa shape index (κ1) is 21.0. The van der Waals surface area contributed by atoms with Crippen molar-refractivity contribution in [1.29, 1.82) is 0 Å². The second kappa shape index (κ2) is 9.25. The van der Waals surface area contributed by atoms with Crippen LogP contribution in [-0.2, 0) is 19.9 Å². The van der Waals surface area contributed by atoms with Crippen LogP contribution in [0.4, 0.5) is 4.79 Å². The van der Waals surface area contributed by atoms with E-state index in [1.54, 1.807) is 13.3 Å². The normalized spacial score (nSPS) is 14.9. The molecule has 4 rings (SSSR count). The summed E-state index contributed by atoms with van der Waals surface area (Å²) in [4.78, 5) is 17.4. The highest BCUT2D eigenvalue weighted by Crippen LogP contribution is 2.26. The van der Waals surface area contributed by atoms with E-state index < -0.39 is 6.04 Å². The highest BCUT2D eigenvalue weighted by Gasteiger charge is 2.22. The molecule has 0 radical (unpaired) electrons. The minimum atomic E-state index is -0.397. The van der Waals surface area contributed by atoms with Crippen molar-refractivity contribution in [2.24, 2.45) is 7.05 Å². The van der Waals surface area contributed by atoms with Crippen LogP contribution in [-0.4, -0.2) is 22.7 Å². The van der Waals surface area contributed by atoms with Gasteiger partial charge in [-0.05, 0) is 67.0 Å². The van der Waals surface area contributed by atoms with Crippen molar-refractivity contribution in [1.82, 2.24) is 20.2 Å². The van der Waals surface area contributed by atoms with E-state index in [1.165, 1.54) is 24.0 Å². The summed E-state index contributed by atoms with van der Waals surface area (Å²) in [5.74, 6) is 1.49. The van der Waals surface area contributed by atoms with Crippen molar-refractivity contribution in [3.8, 4) is 5.75 Å². The van der Waals surface area contributed by atoms with Crippen molar-refractivity contribution >= 4 is 6.03 Å². The van der Waals surface area contributed by atoms with Gasteiger partial charge < -0.3 is 19.9 Å².